The molecule has 14 heteroatoms. The van der Waals surface area contributed by atoms with E-state index in [9.17, 15) is 31.7 Å². The second-order valence-electron chi connectivity index (χ2n) is 7.76. The van der Waals surface area contributed by atoms with E-state index in [4.69, 9.17) is 9.47 Å². The molecule has 0 radical (unpaired) electrons. The Morgan fingerprint density at radius 1 is 1.21 bits per heavy atom. The predicted molar refractivity (Wildman–Crippen MR) is 112 cm³/mol. The molecule has 1 aromatic heterocycles. The van der Waals surface area contributed by atoms with Crippen molar-refractivity contribution < 1.29 is 36.0 Å². The van der Waals surface area contributed by atoms with Crippen LogP contribution >= 0.6 is 0 Å². The van der Waals surface area contributed by atoms with Crippen LogP contribution in [0.1, 0.15) is 12.5 Å². The second-order valence-corrected chi connectivity index (χ2v) is 9.44. The lowest BCUT2D eigenvalue weighted by Crippen LogP contribution is -2.38. The molecule has 0 bridgehead atoms. The first-order chi connectivity index (χ1) is 15.8. The highest BCUT2D eigenvalue weighted by molar-refractivity contribution is 7.92. The molecule has 3 aromatic rings. The van der Waals surface area contributed by atoms with Gasteiger partial charge in [0.2, 0.25) is 0 Å². The average molecular weight is 498 g/mol. The van der Waals surface area contributed by atoms with Crippen LogP contribution in [0.25, 0.3) is 0 Å². The zero-order valence-corrected chi connectivity index (χ0v) is 18.3. The highest BCUT2D eigenvalue weighted by Gasteiger charge is 2.41. The lowest BCUT2D eigenvalue weighted by atomic mass is 10.1. The van der Waals surface area contributed by atoms with Crippen molar-refractivity contribution >= 4 is 21.5 Å². The molecule has 4 rings (SSSR count). The van der Waals surface area contributed by atoms with Crippen LogP contribution in [0.15, 0.2) is 59.6 Å². The number of ether oxygens (including phenoxy) is 2. The molecule has 0 fully saturated rings. The van der Waals surface area contributed by atoms with Crippen LogP contribution in [-0.4, -0.2) is 35.1 Å². The zero-order valence-electron chi connectivity index (χ0n) is 17.4. The molecule has 0 aliphatic carbocycles. The van der Waals surface area contributed by atoms with E-state index in [1.807, 2.05) is 0 Å². The molecule has 1 atom stereocenters. The number of benzene rings is 2. The normalized spacial score (nSPS) is 17.6. The molecule has 0 amide bonds. The quantitative estimate of drug-likeness (QED) is 0.388. The fourth-order valence-corrected chi connectivity index (χ4v) is 4.31. The molecular weight excluding hydrogens is 481 g/mol. The summed E-state index contributed by atoms with van der Waals surface area (Å²) >= 11 is 0. The van der Waals surface area contributed by atoms with E-state index in [0.29, 0.717) is 5.75 Å². The summed E-state index contributed by atoms with van der Waals surface area (Å²) in [5.74, 6) is 0.0218. The summed E-state index contributed by atoms with van der Waals surface area (Å²) in [5.41, 5.74) is -1.75. The Balaban J connectivity index is 1.37. The number of nitro groups is 1. The van der Waals surface area contributed by atoms with Gasteiger partial charge in [-0.25, -0.2) is 8.42 Å². The number of alkyl halides is 3. The van der Waals surface area contributed by atoms with Gasteiger partial charge >= 0.3 is 18.0 Å². The van der Waals surface area contributed by atoms with Gasteiger partial charge in [0, 0.05) is 10.7 Å². The van der Waals surface area contributed by atoms with Crippen LogP contribution in [0, 0.1) is 10.1 Å². The number of nitrogens with zero attached hydrogens (tertiary/aromatic N) is 3. The third-order valence-corrected chi connectivity index (χ3v) is 6.30. The first kappa shape index (κ1) is 23.4. The topological polar surface area (TPSA) is 126 Å². The smallest absolute Gasteiger partial charge is 0.416 e. The summed E-state index contributed by atoms with van der Waals surface area (Å²) < 4.78 is 78.1. The molecule has 0 saturated carbocycles. The van der Waals surface area contributed by atoms with Crippen LogP contribution in [0.2, 0.25) is 0 Å². The van der Waals surface area contributed by atoms with Gasteiger partial charge in [-0.2, -0.15) is 13.2 Å². The highest BCUT2D eigenvalue weighted by atomic mass is 32.2. The molecule has 1 aliphatic rings. The van der Waals surface area contributed by atoms with E-state index < -0.39 is 32.3 Å². The van der Waals surface area contributed by atoms with Crippen molar-refractivity contribution in [3.63, 3.8) is 0 Å². The molecule has 180 valence electrons. The fraction of sp³-hybridized carbons (Fsp3) is 0.250. The Kier molecular flexibility index (Phi) is 5.63. The van der Waals surface area contributed by atoms with Crippen molar-refractivity contribution in [2.24, 2.45) is 0 Å². The number of halogens is 3. The van der Waals surface area contributed by atoms with Gasteiger partial charge in [0.25, 0.3) is 10.0 Å². The van der Waals surface area contributed by atoms with Crippen molar-refractivity contribution in [2.45, 2.75) is 30.1 Å². The minimum Gasteiger partial charge on any atom is -0.489 e. The molecule has 2 heterocycles. The summed E-state index contributed by atoms with van der Waals surface area (Å²) in [5, 5.41) is 10.8. The Morgan fingerprint density at radius 2 is 1.85 bits per heavy atom. The van der Waals surface area contributed by atoms with Gasteiger partial charge in [0.1, 0.15) is 18.6 Å². The number of hydrogen-bond donors (Lipinski definition) is 1. The molecule has 0 saturated heterocycles. The standard InChI is InChI=1S/C20H17F3N4O6S/c1-19(11-26-10-17(27(28)29)24-18(26)33-19)12-32-15-6-8-16(9-7-15)34(30,31)25-14-4-2-13(3-5-14)20(21,22)23/h2-10,25H,11-12H2,1H3. The van der Waals surface area contributed by atoms with Crippen LogP contribution < -0.4 is 14.2 Å². The SMILES string of the molecule is CC1(COc2ccc(S(=O)(=O)Nc3ccc(C(F)(F)F)cc3)cc2)Cn2cc([N+](=O)[O-])nc2O1. The Labute approximate surface area is 191 Å². The van der Waals surface area contributed by atoms with Gasteiger partial charge in [-0.1, -0.05) is 0 Å². The molecule has 1 aliphatic heterocycles. The molecule has 0 spiro atoms. The summed E-state index contributed by atoms with van der Waals surface area (Å²) in [7, 11) is -4.04. The van der Waals surface area contributed by atoms with E-state index in [1.54, 1.807) is 6.92 Å². The van der Waals surface area contributed by atoms with Crippen molar-refractivity contribution in [1.82, 2.24) is 9.55 Å². The number of aromatic nitrogens is 2. The number of nitrogens with one attached hydrogen (secondary N) is 1. The van der Waals surface area contributed by atoms with Crippen LogP contribution in [0.4, 0.5) is 24.7 Å². The van der Waals surface area contributed by atoms with E-state index in [1.165, 1.54) is 35.0 Å². The number of fused-ring (bicyclic) bond motifs is 1. The summed E-state index contributed by atoms with van der Waals surface area (Å²) in [6, 6.07) is 9.14. The van der Waals surface area contributed by atoms with Crippen LogP contribution in [-0.2, 0) is 22.7 Å². The minimum atomic E-state index is -4.52. The minimum absolute atomic E-state index is 0.0163. The molecule has 2 aromatic carbocycles. The van der Waals surface area contributed by atoms with Gasteiger partial charge in [0.15, 0.2) is 5.60 Å². The molecule has 1 unspecified atom stereocenters. The average Bonchev–Trinajstić information content (AvgIpc) is 3.28. The first-order valence-electron chi connectivity index (χ1n) is 9.68. The largest absolute Gasteiger partial charge is 0.489 e. The van der Waals surface area contributed by atoms with E-state index in [-0.39, 0.29) is 35.6 Å². The third-order valence-electron chi connectivity index (χ3n) is 4.90. The van der Waals surface area contributed by atoms with Gasteiger partial charge < -0.3 is 19.6 Å². The van der Waals surface area contributed by atoms with Crippen LogP contribution in [0.3, 0.4) is 0 Å². The van der Waals surface area contributed by atoms with Crippen LogP contribution in [0.5, 0.6) is 11.8 Å². The molecular formula is C20H17F3N4O6S. The zero-order chi connectivity index (χ0) is 24.7. The van der Waals surface area contributed by atoms with E-state index >= 15 is 0 Å². The predicted octanol–water partition coefficient (Wildman–Crippen LogP) is 3.84. The van der Waals surface area contributed by atoms with Crippen molar-refractivity contribution in [2.75, 3.05) is 11.3 Å². The van der Waals surface area contributed by atoms with E-state index in [0.717, 1.165) is 24.3 Å². The maximum absolute atomic E-state index is 12.7. The Bertz CT molecular complexity index is 1300. The van der Waals surface area contributed by atoms with Gasteiger partial charge in [-0.05, 0) is 60.4 Å². The van der Waals surface area contributed by atoms with Gasteiger partial charge in [0.05, 0.1) is 17.0 Å². The number of hydrogen-bond acceptors (Lipinski definition) is 7. The second kappa shape index (κ2) is 8.20. The Hall–Kier alpha value is -3.81. The Morgan fingerprint density at radius 3 is 2.41 bits per heavy atom. The first-order valence-corrected chi connectivity index (χ1v) is 11.2. The third kappa shape index (κ3) is 4.90. The van der Waals surface area contributed by atoms with Crippen molar-refractivity contribution in [1.29, 1.82) is 0 Å². The number of rotatable bonds is 7. The summed E-state index contributed by atoms with van der Waals surface area (Å²) in [6.45, 7) is 2.06. The molecule has 1 N–H and O–H groups in total. The van der Waals surface area contributed by atoms with E-state index in [2.05, 4.69) is 9.71 Å². The lowest BCUT2D eigenvalue weighted by Gasteiger charge is -2.22. The monoisotopic (exact) mass is 498 g/mol. The fourth-order valence-electron chi connectivity index (χ4n) is 3.25. The van der Waals surface area contributed by atoms with Gasteiger partial charge in [-0.15, -0.1) is 0 Å². The van der Waals surface area contributed by atoms with Gasteiger partial charge in [-0.3, -0.25) is 9.29 Å². The number of sulfonamides is 1. The highest BCUT2D eigenvalue weighted by Crippen LogP contribution is 2.32. The summed E-state index contributed by atoms with van der Waals surface area (Å²) in [4.78, 5) is 13.8. The number of anilines is 1. The van der Waals surface area contributed by atoms with Crippen molar-refractivity contribution in [3.05, 3.63) is 70.4 Å². The maximum atomic E-state index is 12.7. The van der Waals surface area contributed by atoms with Crippen molar-refractivity contribution in [3.8, 4) is 11.8 Å². The molecule has 34 heavy (non-hydrogen) atoms. The molecule has 10 nitrogen and oxygen atoms in total. The maximum Gasteiger partial charge on any atom is 0.416 e. The summed E-state index contributed by atoms with van der Waals surface area (Å²) in [6.07, 6.45) is -3.25. The number of imidazole rings is 1. The lowest BCUT2D eigenvalue weighted by molar-refractivity contribution is -0.389.